The lowest BCUT2D eigenvalue weighted by atomic mass is 10.1. The van der Waals surface area contributed by atoms with Gasteiger partial charge in [-0.1, -0.05) is 29.8 Å². The molecule has 0 radical (unpaired) electrons. The maximum atomic E-state index is 12.0. The van der Waals surface area contributed by atoms with E-state index >= 15 is 0 Å². The molecule has 0 amide bonds. The van der Waals surface area contributed by atoms with Crippen molar-refractivity contribution in [3.8, 4) is 0 Å². The van der Waals surface area contributed by atoms with Gasteiger partial charge in [-0.15, -0.1) is 0 Å². The van der Waals surface area contributed by atoms with E-state index in [2.05, 4.69) is 4.72 Å². The van der Waals surface area contributed by atoms with E-state index in [0.29, 0.717) is 0 Å². The second kappa shape index (κ2) is 6.83. The predicted molar refractivity (Wildman–Crippen MR) is 76.5 cm³/mol. The second-order valence-corrected chi connectivity index (χ2v) is 6.53. The Morgan fingerprint density at radius 1 is 1.45 bits per heavy atom. The van der Waals surface area contributed by atoms with Gasteiger partial charge in [0.1, 0.15) is 0 Å². The highest BCUT2D eigenvalue weighted by Gasteiger charge is 2.21. The standard InChI is InChI=1S/C13H20N2O4S/c1-10-5-4-6-12(9-10)11(2)14-20(18,19)15(3)8-7-13(16)17/h4-6,9,11,14H,7-8H2,1-3H3,(H,16,17)/t11-/m1/s1. The number of nitrogens with zero attached hydrogens (tertiary/aromatic N) is 1. The molecule has 112 valence electrons. The smallest absolute Gasteiger partial charge is 0.304 e. The van der Waals surface area contributed by atoms with E-state index in [1.807, 2.05) is 31.2 Å². The summed E-state index contributed by atoms with van der Waals surface area (Å²) in [6, 6.07) is 7.17. The van der Waals surface area contributed by atoms with Crippen molar-refractivity contribution in [2.24, 2.45) is 0 Å². The molecular weight excluding hydrogens is 280 g/mol. The highest BCUT2D eigenvalue weighted by atomic mass is 32.2. The fourth-order valence-corrected chi connectivity index (χ4v) is 2.79. The molecular formula is C13H20N2O4S. The molecule has 1 aromatic rings. The number of rotatable bonds is 7. The maximum Gasteiger partial charge on any atom is 0.304 e. The van der Waals surface area contributed by atoms with Crippen LogP contribution in [0.1, 0.15) is 30.5 Å². The molecule has 0 saturated carbocycles. The summed E-state index contributed by atoms with van der Waals surface area (Å²) in [5, 5.41) is 8.58. The maximum absolute atomic E-state index is 12.0. The summed E-state index contributed by atoms with van der Waals surface area (Å²) in [4.78, 5) is 10.5. The number of aryl methyl sites for hydroxylation is 1. The van der Waals surface area contributed by atoms with Crippen molar-refractivity contribution in [3.63, 3.8) is 0 Å². The van der Waals surface area contributed by atoms with Gasteiger partial charge in [0.05, 0.1) is 6.42 Å². The van der Waals surface area contributed by atoms with E-state index < -0.39 is 16.2 Å². The van der Waals surface area contributed by atoms with Gasteiger partial charge in [-0.3, -0.25) is 4.79 Å². The van der Waals surface area contributed by atoms with Crippen LogP contribution in [0.4, 0.5) is 0 Å². The van der Waals surface area contributed by atoms with Crippen LogP contribution in [0, 0.1) is 6.92 Å². The first-order chi connectivity index (χ1) is 9.22. The van der Waals surface area contributed by atoms with Crippen molar-refractivity contribution in [1.82, 2.24) is 9.03 Å². The molecule has 7 heteroatoms. The van der Waals surface area contributed by atoms with Gasteiger partial charge in [0.15, 0.2) is 0 Å². The molecule has 0 fully saturated rings. The zero-order chi connectivity index (χ0) is 15.3. The van der Waals surface area contributed by atoms with Gasteiger partial charge in [0.2, 0.25) is 0 Å². The number of hydrogen-bond acceptors (Lipinski definition) is 3. The lowest BCUT2D eigenvalue weighted by Gasteiger charge is -2.21. The third-order valence-corrected chi connectivity index (χ3v) is 4.57. The Hall–Kier alpha value is -1.44. The van der Waals surface area contributed by atoms with E-state index in [4.69, 9.17) is 5.11 Å². The quantitative estimate of drug-likeness (QED) is 0.794. The summed E-state index contributed by atoms with van der Waals surface area (Å²) in [5.41, 5.74) is 1.91. The lowest BCUT2D eigenvalue weighted by Crippen LogP contribution is -2.40. The summed E-state index contributed by atoms with van der Waals surface area (Å²) in [7, 11) is -2.34. The Morgan fingerprint density at radius 3 is 2.65 bits per heavy atom. The second-order valence-electron chi connectivity index (χ2n) is 4.72. The molecule has 0 unspecified atom stereocenters. The first kappa shape index (κ1) is 16.6. The van der Waals surface area contributed by atoms with Crippen LogP contribution in [0.2, 0.25) is 0 Å². The van der Waals surface area contributed by atoms with Gasteiger partial charge in [0, 0.05) is 19.6 Å². The molecule has 2 N–H and O–H groups in total. The molecule has 0 bridgehead atoms. The predicted octanol–water partition coefficient (Wildman–Crippen LogP) is 1.30. The van der Waals surface area contributed by atoms with Gasteiger partial charge in [-0.05, 0) is 19.4 Å². The van der Waals surface area contributed by atoms with E-state index in [0.717, 1.165) is 15.4 Å². The van der Waals surface area contributed by atoms with Crippen molar-refractivity contribution < 1.29 is 18.3 Å². The Bertz CT molecular complexity index is 571. The van der Waals surface area contributed by atoms with E-state index in [9.17, 15) is 13.2 Å². The average molecular weight is 300 g/mol. The number of aliphatic carboxylic acids is 1. The van der Waals surface area contributed by atoms with E-state index in [1.165, 1.54) is 7.05 Å². The molecule has 20 heavy (non-hydrogen) atoms. The molecule has 0 aromatic heterocycles. The Morgan fingerprint density at radius 2 is 2.10 bits per heavy atom. The van der Waals surface area contributed by atoms with Crippen LogP contribution < -0.4 is 4.72 Å². The third kappa shape index (κ3) is 4.92. The number of hydrogen-bond donors (Lipinski definition) is 2. The van der Waals surface area contributed by atoms with Crippen molar-refractivity contribution in [3.05, 3.63) is 35.4 Å². The fraction of sp³-hybridized carbons (Fsp3) is 0.462. The molecule has 0 aliphatic carbocycles. The normalized spacial score (nSPS) is 13.4. The Balaban J connectivity index is 2.72. The summed E-state index contributed by atoms with van der Waals surface area (Å²) in [6.45, 7) is 3.62. The van der Waals surface area contributed by atoms with Crippen LogP contribution in [0.15, 0.2) is 24.3 Å². The Kier molecular flexibility index (Phi) is 5.67. The van der Waals surface area contributed by atoms with E-state index in [1.54, 1.807) is 6.92 Å². The molecule has 1 aromatic carbocycles. The molecule has 0 saturated heterocycles. The number of carbonyl (C=O) groups is 1. The zero-order valence-corrected chi connectivity index (χ0v) is 12.6. The van der Waals surface area contributed by atoms with Crippen LogP contribution in [-0.4, -0.2) is 37.4 Å². The molecule has 1 rings (SSSR count). The molecule has 0 spiro atoms. The SMILES string of the molecule is Cc1cccc([C@@H](C)NS(=O)(=O)N(C)CCC(=O)O)c1. The van der Waals surface area contributed by atoms with Crippen LogP contribution >= 0.6 is 0 Å². The lowest BCUT2D eigenvalue weighted by molar-refractivity contribution is -0.137. The van der Waals surface area contributed by atoms with Gasteiger partial charge in [-0.2, -0.15) is 17.4 Å². The summed E-state index contributed by atoms with van der Waals surface area (Å²) < 4.78 is 27.6. The molecule has 0 aliphatic rings. The van der Waals surface area contributed by atoms with Crippen LogP contribution in [-0.2, 0) is 15.0 Å². The van der Waals surface area contributed by atoms with Crippen molar-refractivity contribution in [1.29, 1.82) is 0 Å². The van der Waals surface area contributed by atoms with Gasteiger partial charge in [0.25, 0.3) is 10.2 Å². The summed E-state index contributed by atoms with van der Waals surface area (Å²) >= 11 is 0. The summed E-state index contributed by atoms with van der Waals surface area (Å²) in [6.07, 6.45) is -0.226. The minimum absolute atomic E-state index is 0.0643. The monoisotopic (exact) mass is 300 g/mol. The largest absolute Gasteiger partial charge is 0.481 e. The number of nitrogens with one attached hydrogen (secondary N) is 1. The Labute approximate surface area is 119 Å². The van der Waals surface area contributed by atoms with Gasteiger partial charge in [-0.25, -0.2) is 0 Å². The topological polar surface area (TPSA) is 86.7 Å². The molecule has 0 aliphatic heterocycles. The fourth-order valence-electron chi connectivity index (χ4n) is 1.69. The molecule has 6 nitrogen and oxygen atoms in total. The first-order valence-electron chi connectivity index (χ1n) is 6.24. The van der Waals surface area contributed by atoms with Crippen LogP contribution in [0.5, 0.6) is 0 Å². The minimum atomic E-state index is -3.70. The first-order valence-corrected chi connectivity index (χ1v) is 7.68. The van der Waals surface area contributed by atoms with Crippen LogP contribution in [0.25, 0.3) is 0 Å². The number of benzene rings is 1. The highest BCUT2D eigenvalue weighted by Crippen LogP contribution is 2.15. The highest BCUT2D eigenvalue weighted by molar-refractivity contribution is 7.87. The summed E-state index contributed by atoms with van der Waals surface area (Å²) in [5.74, 6) is -1.03. The molecule has 1 atom stereocenters. The van der Waals surface area contributed by atoms with Crippen LogP contribution in [0.3, 0.4) is 0 Å². The van der Waals surface area contributed by atoms with Crippen molar-refractivity contribution in [2.75, 3.05) is 13.6 Å². The number of carboxylic acid groups (broad SMARTS) is 1. The molecule has 0 heterocycles. The third-order valence-electron chi connectivity index (χ3n) is 2.92. The van der Waals surface area contributed by atoms with Gasteiger partial charge < -0.3 is 5.11 Å². The van der Waals surface area contributed by atoms with E-state index in [-0.39, 0.29) is 19.0 Å². The zero-order valence-electron chi connectivity index (χ0n) is 11.8. The average Bonchev–Trinajstić information content (AvgIpc) is 2.35. The number of carboxylic acids is 1. The minimum Gasteiger partial charge on any atom is -0.481 e. The van der Waals surface area contributed by atoms with Gasteiger partial charge >= 0.3 is 5.97 Å². The van der Waals surface area contributed by atoms with Crippen molar-refractivity contribution >= 4 is 16.2 Å². The van der Waals surface area contributed by atoms with Crippen molar-refractivity contribution in [2.45, 2.75) is 26.3 Å².